The molecular weight excluding hydrogens is 448 g/mol. The molecule has 0 saturated carbocycles. The third-order valence-corrected chi connectivity index (χ3v) is 9.58. The monoisotopic (exact) mass is 504 g/mol. The van der Waals surface area contributed by atoms with Gasteiger partial charge in [0, 0.05) is 39.1 Å². The molecule has 0 aromatic heterocycles. The maximum atomic E-state index is 6.67. The zero-order valence-corrected chi connectivity index (χ0v) is 24.4. The van der Waals surface area contributed by atoms with Gasteiger partial charge < -0.3 is 27.5 Å². The van der Waals surface area contributed by atoms with Crippen molar-refractivity contribution in [1.29, 1.82) is 0 Å². The van der Waals surface area contributed by atoms with Crippen LogP contribution in [0.5, 0.6) is 0 Å². The van der Waals surface area contributed by atoms with Gasteiger partial charge in [-0.1, -0.05) is 77.6 Å². The average Bonchev–Trinajstić information content (AvgIpc) is 2.81. The molecule has 1 saturated heterocycles. The number of unbranched alkanes of at least 4 members (excludes halogenated alkanes) is 10. The third kappa shape index (κ3) is 9.79. The first-order valence-corrected chi connectivity index (χ1v) is 16.4. The summed E-state index contributed by atoms with van der Waals surface area (Å²) < 4.78 is 37.9. The number of hydrogen-bond donors (Lipinski definition) is 0. The van der Waals surface area contributed by atoms with Gasteiger partial charge in [0.1, 0.15) is 5.60 Å². The Morgan fingerprint density at radius 1 is 0.588 bits per heavy atom. The maximum absolute atomic E-state index is 6.67. The first-order chi connectivity index (χ1) is 16.5. The molecule has 204 valence electrons. The molecular formula is C27H56O6Si. The Morgan fingerprint density at radius 2 is 1.06 bits per heavy atom. The molecule has 0 spiro atoms. The Balaban J connectivity index is 2.76. The van der Waals surface area contributed by atoms with Gasteiger partial charge in [-0.2, -0.15) is 0 Å². The van der Waals surface area contributed by atoms with Gasteiger partial charge in [-0.3, -0.25) is 0 Å². The lowest BCUT2D eigenvalue weighted by atomic mass is 9.89. The minimum absolute atomic E-state index is 0.468. The van der Waals surface area contributed by atoms with Gasteiger partial charge in [-0.25, -0.2) is 0 Å². The van der Waals surface area contributed by atoms with E-state index in [2.05, 4.69) is 6.92 Å². The number of rotatable bonds is 22. The quantitative estimate of drug-likeness (QED) is 0.0858. The molecule has 1 aliphatic rings. The Morgan fingerprint density at radius 3 is 1.50 bits per heavy atom. The molecule has 34 heavy (non-hydrogen) atoms. The molecule has 7 heteroatoms. The fraction of sp³-hybridized carbons (Fsp3) is 1.00. The Labute approximate surface area is 212 Å². The fourth-order valence-corrected chi connectivity index (χ4v) is 8.04. The van der Waals surface area contributed by atoms with Crippen LogP contribution in [0.15, 0.2) is 0 Å². The maximum Gasteiger partial charge on any atom is 0.505 e. The average molecular weight is 505 g/mol. The molecule has 1 rings (SSSR count). The molecule has 0 N–H and O–H groups in total. The van der Waals surface area contributed by atoms with E-state index in [0.717, 1.165) is 19.3 Å². The summed E-state index contributed by atoms with van der Waals surface area (Å²) in [6, 6.07) is 0.717. The summed E-state index contributed by atoms with van der Waals surface area (Å²) in [6.45, 7) is 14.8. The Kier molecular flexibility index (Phi) is 17.2. The summed E-state index contributed by atoms with van der Waals surface area (Å²) in [6.07, 6.45) is 16.1. The first kappa shape index (κ1) is 32.0. The van der Waals surface area contributed by atoms with Crippen molar-refractivity contribution in [3.8, 4) is 0 Å². The van der Waals surface area contributed by atoms with Crippen molar-refractivity contribution in [2.45, 2.75) is 143 Å². The van der Waals surface area contributed by atoms with Crippen LogP contribution in [0.25, 0.3) is 0 Å². The summed E-state index contributed by atoms with van der Waals surface area (Å²) >= 11 is 0. The van der Waals surface area contributed by atoms with Crippen LogP contribution in [-0.4, -0.2) is 53.4 Å². The van der Waals surface area contributed by atoms with Gasteiger partial charge >= 0.3 is 14.8 Å². The van der Waals surface area contributed by atoms with Gasteiger partial charge in [-0.05, 0) is 47.5 Å². The van der Waals surface area contributed by atoms with Crippen molar-refractivity contribution >= 4 is 8.80 Å². The highest BCUT2D eigenvalue weighted by Crippen LogP contribution is 2.48. The van der Waals surface area contributed by atoms with Crippen molar-refractivity contribution in [2.75, 3.05) is 33.0 Å². The summed E-state index contributed by atoms with van der Waals surface area (Å²) in [7, 11) is -2.92. The fourth-order valence-electron chi connectivity index (χ4n) is 5.15. The molecule has 0 aromatic carbocycles. The first-order valence-electron chi connectivity index (χ1n) is 14.4. The zero-order chi connectivity index (χ0) is 25.2. The highest BCUT2D eigenvalue weighted by atomic mass is 28.4. The van der Waals surface area contributed by atoms with Crippen LogP contribution < -0.4 is 0 Å². The SMILES string of the molecule is CCCCCCCCCCCCCC1(OCC)CC[Si](OCC)(OCC)OC1(OCC)OCC. The number of hydrogen-bond acceptors (Lipinski definition) is 6. The van der Waals surface area contributed by atoms with Crippen molar-refractivity contribution in [3.05, 3.63) is 0 Å². The van der Waals surface area contributed by atoms with E-state index in [1.165, 1.54) is 64.2 Å². The highest BCUT2D eigenvalue weighted by molar-refractivity contribution is 6.61. The predicted molar refractivity (Wildman–Crippen MR) is 141 cm³/mol. The largest absolute Gasteiger partial charge is 0.505 e. The highest BCUT2D eigenvalue weighted by Gasteiger charge is 2.66. The molecule has 0 bridgehead atoms. The molecule has 6 nitrogen and oxygen atoms in total. The van der Waals surface area contributed by atoms with E-state index < -0.39 is 20.4 Å². The van der Waals surface area contributed by atoms with Crippen LogP contribution in [0.1, 0.15) is 125 Å². The number of ether oxygens (including phenoxy) is 3. The van der Waals surface area contributed by atoms with Gasteiger partial charge in [0.2, 0.25) is 0 Å². The molecule has 1 heterocycles. The molecule has 1 fully saturated rings. The smallest absolute Gasteiger partial charge is 0.374 e. The van der Waals surface area contributed by atoms with Crippen LogP contribution in [0.4, 0.5) is 0 Å². The lowest BCUT2D eigenvalue weighted by Gasteiger charge is -2.54. The summed E-state index contributed by atoms with van der Waals surface area (Å²) in [5.74, 6) is -1.29. The molecule has 0 amide bonds. The van der Waals surface area contributed by atoms with E-state index in [0.29, 0.717) is 39.1 Å². The summed E-state index contributed by atoms with van der Waals surface area (Å²) in [5.41, 5.74) is -0.655. The minimum atomic E-state index is -2.92. The molecule has 0 radical (unpaired) electrons. The van der Waals surface area contributed by atoms with E-state index in [1.807, 2.05) is 34.6 Å². The van der Waals surface area contributed by atoms with Crippen molar-refractivity contribution in [3.63, 3.8) is 0 Å². The van der Waals surface area contributed by atoms with Gasteiger partial charge in [0.15, 0.2) is 0 Å². The van der Waals surface area contributed by atoms with Crippen LogP contribution in [-0.2, 0) is 27.5 Å². The second-order valence-electron chi connectivity index (χ2n) is 9.29. The zero-order valence-electron chi connectivity index (χ0n) is 23.4. The van der Waals surface area contributed by atoms with Crippen LogP contribution in [0.3, 0.4) is 0 Å². The van der Waals surface area contributed by atoms with Gasteiger partial charge in [0.25, 0.3) is 0 Å². The van der Waals surface area contributed by atoms with Crippen LogP contribution >= 0.6 is 0 Å². The lowest BCUT2D eigenvalue weighted by molar-refractivity contribution is -0.436. The van der Waals surface area contributed by atoms with Crippen molar-refractivity contribution in [2.24, 2.45) is 0 Å². The third-order valence-electron chi connectivity index (χ3n) is 6.68. The molecule has 0 aromatic rings. The summed E-state index contributed by atoms with van der Waals surface area (Å²) in [4.78, 5) is 0. The van der Waals surface area contributed by atoms with Crippen LogP contribution in [0, 0.1) is 0 Å². The van der Waals surface area contributed by atoms with E-state index in [1.54, 1.807) is 0 Å². The van der Waals surface area contributed by atoms with E-state index in [-0.39, 0.29) is 0 Å². The van der Waals surface area contributed by atoms with E-state index in [9.17, 15) is 0 Å². The van der Waals surface area contributed by atoms with Crippen molar-refractivity contribution < 1.29 is 27.5 Å². The van der Waals surface area contributed by atoms with E-state index >= 15 is 0 Å². The van der Waals surface area contributed by atoms with Gasteiger partial charge in [-0.15, -0.1) is 0 Å². The Hall–Kier alpha value is -0.0231. The second-order valence-corrected chi connectivity index (χ2v) is 11.9. The van der Waals surface area contributed by atoms with Crippen molar-refractivity contribution in [1.82, 2.24) is 0 Å². The normalized spacial score (nSPS) is 21.7. The van der Waals surface area contributed by atoms with Crippen LogP contribution in [0.2, 0.25) is 6.04 Å². The topological polar surface area (TPSA) is 55.4 Å². The van der Waals surface area contributed by atoms with E-state index in [4.69, 9.17) is 27.5 Å². The summed E-state index contributed by atoms with van der Waals surface area (Å²) in [5, 5.41) is 0. The second kappa shape index (κ2) is 18.3. The lowest BCUT2D eigenvalue weighted by Crippen LogP contribution is -2.70. The minimum Gasteiger partial charge on any atom is -0.374 e. The molecule has 0 aliphatic carbocycles. The molecule has 1 atom stereocenters. The standard InChI is InChI=1S/C27H56O6Si/c1-7-13-14-15-16-17-18-19-20-21-22-23-26(28-8-2)24-25-34(31-11-5,32-12-6)33-27(26,29-9-3)30-10-4/h7-25H2,1-6H3. The molecule has 1 unspecified atom stereocenters. The Bertz CT molecular complexity index is 480. The molecule has 1 aliphatic heterocycles. The van der Waals surface area contributed by atoms with Gasteiger partial charge in [0.05, 0.1) is 0 Å². The predicted octanol–water partition coefficient (Wildman–Crippen LogP) is 7.62.